The molecule has 1 aliphatic heterocycles. The van der Waals surface area contributed by atoms with Gasteiger partial charge in [0.25, 0.3) is 0 Å². The Morgan fingerprint density at radius 2 is 1.96 bits per heavy atom. The van der Waals surface area contributed by atoms with Crippen molar-refractivity contribution in [3.05, 3.63) is 53.6 Å². The maximum absolute atomic E-state index is 11.6. The van der Waals surface area contributed by atoms with Crippen molar-refractivity contribution >= 4 is 11.8 Å². The highest BCUT2D eigenvalue weighted by Gasteiger charge is 2.23. The average molecular weight is 370 g/mol. The summed E-state index contributed by atoms with van der Waals surface area (Å²) in [6.07, 6.45) is 1.56. The van der Waals surface area contributed by atoms with Crippen molar-refractivity contribution in [1.29, 1.82) is 0 Å². The first-order chi connectivity index (χ1) is 13.1. The van der Waals surface area contributed by atoms with E-state index in [1.54, 1.807) is 24.1 Å². The number of nitrogens with zero attached hydrogens (tertiary/aromatic N) is 1. The van der Waals surface area contributed by atoms with E-state index in [1.807, 2.05) is 30.3 Å². The molecule has 6 heteroatoms. The third kappa shape index (κ3) is 4.92. The molecule has 1 amide bonds. The maximum Gasteiger partial charge on any atom is 0.414 e. The summed E-state index contributed by atoms with van der Waals surface area (Å²) in [7, 11) is 1.55. The number of nitrogens with one attached hydrogen (secondary N) is 1. The number of carbonyl (C=O) groups is 1. The van der Waals surface area contributed by atoms with Crippen LogP contribution in [-0.4, -0.2) is 37.5 Å². The molecule has 2 aromatic carbocycles. The van der Waals surface area contributed by atoms with Gasteiger partial charge in [0.1, 0.15) is 6.61 Å². The molecular formula is C21H26N2O4. The molecule has 2 aromatic rings. The van der Waals surface area contributed by atoms with Gasteiger partial charge in [-0.3, -0.25) is 4.90 Å². The molecule has 2 N–H and O–H groups in total. The van der Waals surface area contributed by atoms with Crippen LogP contribution in [0.3, 0.4) is 0 Å². The number of methoxy groups -OCH3 is 1. The fourth-order valence-electron chi connectivity index (χ4n) is 3.09. The zero-order valence-electron chi connectivity index (χ0n) is 15.8. The number of aromatic hydroxyl groups is 1. The van der Waals surface area contributed by atoms with E-state index in [4.69, 9.17) is 9.47 Å². The second kappa shape index (κ2) is 8.77. The van der Waals surface area contributed by atoms with E-state index < -0.39 is 0 Å². The number of benzene rings is 2. The lowest BCUT2D eigenvalue weighted by Gasteiger charge is -2.16. The summed E-state index contributed by atoms with van der Waals surface area (Å²) < 4.78 is 10.0. The largest absolute Gasteiger partial charge is 0.504 e. The summed E-state index contributed by atoms with van der Waals surface area (Å²) in [4.78, 5) is 13.2. The number of aryl methyl sites for hydroxylation is 1. The summed E-state index contributed by atoms with van der Waals surface area (Å²) in [5.74, 6) is 0.674. The van der Waals surface area contributed by atoms with Crippen molar-refractivity contribution in [1.82, 2.24) is 5.32 Å². The van der Waals surface area contributed by atoms with Gasteiger partial charge in [-0.25, -0.2) is 4.79 Å². The van der Waals surface area contributed by atoms with Crippen molar-refractivity contribution < 1.29 is 19.4 Å². The van der Waals surface area contributed by atoms with Gasteiger partial charge in [-0.2, -0.15) is 0 Å². The summed E-state index contributed by atoms with van der Waals surface area (Å²) in [5, 5.41) is 13.4. The summed E-state index contributed by atoms with van der Waals surface area (Å²) >= 11 is 0. The second-order valence-electron chi connectivity index (χ2n) is 6.76. The Morgan fingerprint density at radius 3 is 2.59 bits per heavy atom. The minimum Gasteiger partial charge on any atom is -0.504 e. The number of ether oxygens (including phenoxy) is 2. The van der Waals surface area contributed by atoms with Gasteiger partial charge in [0, 0.05) is 18.3 Å². The van der Waals surface area contributed by atoms with E-state index in [1.165, 1.54) is 5.56 Å². The highest BCUT2D eigenvalue weighted by molar-refractivity contribution is 5.89. The molecule has 27 heavy (non-hydrogen) atoms. The SMILES string of the molecule is COc1ccc(CC[C@@H](C)NCc2ccc(N3CCOC3=O)cc2)cc1O. The molecule has 3 rings (SSSR count). The average Bonchev–Trinajstić information content (AvgIpc) is 3.11. The predicted octanol–water partition coefficient (Wildman–Crippen LogP) is 3.47. The lowest BCUT2D eigenvalue weighted by atomic mass is 10.1. The van der Waals surface area contributed by atoms with Crippen molar-refractivity contribution in [3.63, 3.8) is 0 Å². The monoisotopic (exact) mass is 370 g/mol. The van der Waals surface area contributed by atoms with Crippen LogP contribution in [-0.2, 0) is 17.7 Å². The lowest BCUT2D eigenvalue weighted by Crippen LogP contribution is -2.26. The van der Waals surface area contributed by atoms with Crippen LogP contribution < -0.4 is 15.0 Å². The molecule has 1 atom stereocenters. The lowest BCUT2D eigenvalue weighted by molar-refractivity contribution is 0.181. The molecule has 1 heterocycles. The van der Waals surface area contributed by atoms with Gasteiger partial charge in [0.2, 0.25) is 0 Å². The molecule has 0 bridgehead atoms. The molecule has 0 saturated carbocycles. The van der Waals surface area contributed by atoms with Crippen LogP contribution in [0.25, 0.3) is 0 Å². The number of anilines is 1. The molecule has 0 radical (unpaired) electrons. The molecule has 0 aliphatic carbocycles. The minimum absolute atomic E-state index is 0.178. The fraction of sp³-hybridized carbons (Fsp3) is 0.381. The molecule has 1 saturated heterocycles. The molecule has 0 aromatic heterocycles. The van der Waals surface area contributed by atoms with E-state index in [-0.39, 0.29) is 11.8 Å². The number of hydrogen-bond donors (Lipinski definition) is 2. The van der Waals surface area contributed by atoms with Crippen molar-refractivity contribution in [2.75, 3.05) is 25.2 Å². The summed E-state index contributed by atoms with van der Waals surface area (Å²) in [5.41, 5.74) is 3.12. The van der Waals surface area contributed by atoms with Crippen LogP contribution in [0.2, 0.25) is 0 Å². The van der Waals surface area contributed by atoms with Gasteiger partial charge in [-0.1, -0.05) is 18.2 Å². The van der Waals surface area contributed by atoms with Crippen LogP contribution in [0.1, 0.15) is 24.5 Å². The third-order valence-electron chi connectivity index (χ3n) is 4.77. The predicted molar refractivity (Wildman–Crippen MR) is 104 cm³/mol. The summed E-state index contributed by atoms with van der Waals surface area (Å²) in [6, 6.07) is 13.8. The van der Waals surface area contributed by atoms with Crippen LogP contribution in [0, 0.1) is 0 Å². The standard InChI is InChI=1S/C21H26N2O4/c1-15(3-4-16-7-10-20(26-2)19(24)13-16)22-14-17-5-8-18(9-6-17)23-11-12-27-21(23)25/h5-10,13,15,22,24H,3-4,11-12,14H2,1-2H3/t15-/m1/s1. The van der Waals surface area contributed by atoms with Gasteiger partial charge < -0.3 is 19.9 Å². The first kappa shape index (κ1) is 19.0. The van der Waals surface area contributed by atoms with Crippen LogP contribution >= 0.6 is 0 Å². The zero-order chi connectivity index (χ0) is 19.2. The molecule has 0 unspecified atom stereocenters. The quantitative estimate of drug-likeness (QED) is 0.745. The van der Waals surface area contributed by atoms with E-state index in [2.05, 4.69) is 12.2 Å². The van der Waals surface area contributed by atoms with Crippen molar-refractivity contribution in [2.24, 2.45) is 0 Å². The van der Waals surface area contributed by atoms with Crippen LogP contribution in [0.15, 0.2) is 42.5 Å². The fourth-order valence-corrected chi connectivity index (χ4v) is 3.09. The third-order valence-corrected chi connectivity index (χ3v) is 4.77. The number of carbonyl (C=O) groups excluding carboxylic acids is 1. The normalized spacial score (nSPS) is 14.9. The zero-order valence-corrected chi connectivity index (χ0v) is 15.8. The molecule has 1 aliphatic rings. The number of phenols is 1. The van der Waals surface area contributed by atoms with Gasteiger partial charge in [0.05, 0.1) is 13.7 Å². The highest BCUT2D eigenvalue weighted by Crippen LogP contribution is 2.26. The minimum atomic E-state index is -0.279. The summed E-state index contributed by atoms with van der Waals surface area (Å²) in [6.45, 7) is 3.97. The first-order valence-electron chi connectivity index (χ1n) is 9.19. The Morgan fingerprint density at radius 1 is 1.22 bits per heavy atom. The number of cyclic esters (lactones) is 1. The Labute approximate surface area is 159 Å². The molecule has 0 spiro atoms. The molecule has 1 fully saturated rings. The van der Waals surface area contributed by atoms with Gasteiger partial charge in [0.15, 0.2) is 11.5 Å². The first-order valence-corrected chi connectivity index (χ1v) is 9.19. The van der Waals surface area contributed by atoms with E-state index >= 15 is 0 Å². The number of rotatable bonds is 8. The number of amides is 1. The molecule has 144 valence electrons. The van der Waals surface area contributed by atoms with Crippen molar-refractivity contribution in [2.45, 2.75) is 32.4 Å². The van der Waals surface area contributed by atoms with E-state index in [9.17, 15) is 9.90 Å². The number of hydrogen-bond acceptors (Lipinski definition) is 5. The topological polar surface area (TPSA) is 71.0 Å². The van der Waals surface area contributed by atoms with E-state index in [0.717, 1.165) is 30.6 Å². The van der Waals surface area contributed by atoms with Crippen molar-refractivity contribution in [3.8, 4) is 11.5 Å². The number of phenolic OH excluding ortho intramolecular Hbond substituents is 1. The highest BCUT2D eigenvalue weighted by atomic mass is 16.6. The van der Waals surface area contributed by atoms with E-state index in [0.29, 0.717) is 24.9 Å². The Bertz CT molecular complexity index is 776. The molecular weight excluding hydrogens is 344 g/mol. The van der Waals surface area contributed by atoms with Gasteiger partial charge in [-0.15, -0.1) is 0 Å². The van der Waals surface area contributed by atoms with Crippen LogP contribution in [0.4, 0.5) is 10.5 Å². The van der Waals surface area contributed by atoms with Crippen LogP contribution in [0.5, 0.6) is 11.5 Å². The smallest absolute Gasteiger partial charge is 0.414 e. The van der Waals surface area contributed by atoms with Gasteiger partial charge >= 0.3 is 6.09 Å². The Kier molecular flexibility index (Phi) is 6.19. The second-order valence-corrected chi connectivity index (χ2v) is 6.76. The Hall–Kier alpha value is -2.73. The maximum atomic E-state index is 11.6. The van der Waals surface area contributed by atoms with Gasteiger partial charge in [-0.05, 0) is 55.2 Å². The Balaban J connectivity index is 1.45. The molecule has 6 nitrogen and oxygen atoms in total.